The number of hydrogen-bond donors (Lipinski definition) is 1. The summed E-state index contributed by atoms with van der Waals surface area (Å²) in [6.45, 7) is 3.06. The summed E-state index contributed by atoms with van der Waals surface area (Å²) in [5.74, 6) is 0. The van der Waals surface area contributed by atoms with Crippen LogP contribution in [0.2, 0.25) is 0 Å². The highest BCUT2D eigenvalue weighted by molar-refractivity contribution is 9.09. The van der Waals surface area contributed by atoms with Gasteiger partial charge in [-0.25, -0.2) is 0 Å². The van der Waals surface area contributed by atoms with Gasteiger partial charge in [0.05, 0.1) is 6.10 Å². The molecule has 0 aromatic rings. The molecule has 1 aliphatic rings. The molecule has 4 heteroatoms. The Morgan fingerprint density at radius 2 is 2.29 bits per heavy atom. The van der Waals surface area contributed by atoms with Gasteiger partial charge in [-0.15, -0.1) is 0 Å². The molecule has 2 unspecified atom stereocenters. The largest absolute Gasteiger partial charge is 0.391 e. The van der Waals surface area contributed by atoms with Gasteiger partial charge in [0, 0.05) is 24.5 Å². The van der Waals surface area contributed by atoms with E-state index >= 15 is 0 Å². The van der Waals surface area contributed by atoms with Crippen molar-refractivity contribution < 1.29 is 5.11 Å². The van der Waals surface area contributed by atoms with Gasteiger partial charge in [0.1, 0.15) is 0 Å². The van der Waals surface area contributed by atoms with Gasteiger partial charge in [-0.05, 0) is 33.5 Å². The Bertz CT molecular complexity index is 166. The van der Waals surface area contributed by atoms with Crippen molar-refractivity contribution in [1.29, 1.82) is 0 Å². The zero-order chi connectivity index (χ0) is 10.6. The zero-order valence-corrected chi connectivity index (χ0v) is 10.7. The minimum Gasteiger partial charge on any atom is -0.391 e. The molecule has 0 amide bonds. The molecule has 0 bridgehead atoms. The summed E-state index contributed by atoms with van der Waals surface area (Å²) in [6.07, 6.45) is 2.32. The lowest BCUT2D eigenvalue weighted by Crippen LogP contribution is -2.41. The van der Waals surface area contributed by atoms with Gasteiger partial charge in [-0.1, -0.05) is 15.9 Å². The van der Waals surface area contributed by atoms with Crippen LogP contribution in [0.3, 0.4) is 0 Å². The number of nitrogens with zero attached hydrogens (tertiary/aromatic N) is 2. The first-order chi connectivity index (χ1) is 6.63. The third kappa shape index (κ3) is 3.85. The number of likely N-dealkylation sites (tertiary alicyclic amines) is 1. The first-order valence-corrected chi connectivity index (χ1v) is 6.38. The van der Waals surface area contributed by atoms with Crippen LogP contribution in [0.1, 0.15) is 12.8 Å². The average molecular weight is 265 g/mol. The molecule has 1 aliphatic heterocycles. The summed E-state index contributed by atoms with van der Waals surface area (Å²) < 4.78 is 0. The van der Waals surface area contributed by atoms with E-state index < -0.39 is 0 Å². The summed E-state index contributed by atoms with van der Waals surface area (Å²) in [6, 6.07) is 0.638. The Morgan fingerprint density at radius 1 is 1.57 bits per heavy atom. The van der Waals surface area contributed by atoms with Crippen LogP contribution in [0.15, 0.2) is 0 Å². The molecule has 1 N–H and O–H groups in total. The van der Waals surface area contributed by atoms with Gasteiger partial charge in [-0.3, -0.25) is 4.90 Å². The fourth-order valence-electron chi connectivity index (χ4n) is 2.08. The molecule has 0 radical (unpaired) electrons. The predicted molar refractivity (Wildman–Crippen MR) is 62.9 cm³/mol. The fourth-order valence-corrected chi connectivity index (χ4v) is 2.29. The van der Waals surface area contributed by atoms with E-state index in [1.165, 1.54) is 12.8 Å². The summed E-state index contributed by atoms with van der Waals surface area (Å²) in [5, 5.41) is 10.2. The molecule has 14 heavy (non-hydrogen) atoms. The van der Waals surface area contributed by atoms with Crippen LogP contribution in [0, 0.1) is 0 Å². The Hall–Kier alpha value is 0.360. The Labute approximate surface area is 95.2 Å². The highest BCUT2D eigenvalue weighted by atomic mass is 79.9. The molecule has 0 saturated carbocycles. The van der Waals surface area contributed by atoms with Crippen LogP contribution in [0.4, 0.5) is 0 Å². The summed E-state index contributed by atoms with van der Waals surface area (Å²) >= 11 is 3.31. The minimum atomic E-state index is -0.224. The van der Waals surface area contributed by atoms with Crippen molar-refractivity contribution in [2.75, 3.05) is 39.1 Å². The van der Waals surface area contributed by atoms with Gasteiger partial charge >= 0.3 is 0 Å². The number of aliphatic hydroxyl groups excluding tert-OH is 1. The highest BCUT2D eigenvalue weighted by Gasteiger charge is 2.25. The topological polar surface area (TPSA) is 26.7 Å². The minimum absolute atomic E-state index is 0.224. The Kier molecular flexibility index (Phi) is 5.38. The first-order valence-electron chi connectivity index (χ1n) is 5.26. The molecule has 1 rings (SSSR count). The second kappa shape index (κ2) is 6.05. The van der Waals surface area contributed by atoms with E-state index in [1.807, 2.05) is 0 Å². The maximum absolute atomic E-state index is 9.57. The highest BCUT2D eigenvalue weighted by Crippen LogP contribution is 2.18. The number of rotatable bonds is 5. The van der Waals surface area contributed by atoms with Crippen LogP contribution in [0.25, 0.3) is 0 Å². The van der Waals surface area contributed by atoms with Crippen LogP contribution in [-0.2, 0) is 0 Å². The van der Waals surface area contributed by atoms with E-state index in [4.69, 9.17) is 0 Å². The molecule has 0 aromatic heterocycles. The van der Waals surface area contributed by atoms with Gasteiger partial charge in [0.2, 0.25) is 0 Å². The lowest BCUT2D eigenvalue weighted by molar-refractivity contribution is 0.113. The van der Waals surface area contributed by atoms with E-state index in [0.717, 1.165) is 19.6 Å². The second-order valence-corrected chi connectivity index (χ2v) is 5.01. The van der Waals surface area contributed by atoms with Gasteiger partial charge in [-0.2, -0.15) is 0 Å². The normalized spacial score (nSPS) is 25.9. The average Bonchev–Trinajstić information content (AvgIpc) is 2.52. The van der Waals surface area contributed by atoms with E-state index in [9.17, 15) is 5.11 Å². The summed E-state index contributed by atoms with van der Waals surface area (Å²) in [5.41, 5.74) is 0. The predicted octanol–water partition coefficient (Wildman–Crippen LogP) is 0.768. The molecule has 0 spiro atoms. The third-order valence-electron chi connectivity index (χ3n) is 2.70. The monoisotopic (exact) mass is 264 g/mol. The molecule has 84 valence electrons. The smallest absolute Gasteiger partial charge is 0.0763 e. The molecule has 1 fully saturated rings. The van der Waals surface area contributed by atoms with Crippen molar-refractivity contribution in [1.82, 2.24) is 9.80 Å². The summed E-state index contributed by atoms with van der Waals surface area (Å²) in [7, 11) is 4.22. The van der Waals surface area contributed by atoms with Crippen molar-refractivity contribution in [2.24, 2.45) is 0 Å². The number of aliphatic hydroxyl groups is 1. The standard InChI is InChI=1S/C10H21BrN2O/c1-12(2)7-9-4-3-5-13(9)8-10(14)6-11/h9-10,14H,3-8H2,1-2H3. The molecular formula is C10H21BrN2O. The number of alkyl halides is 1. The van der Waals surface area contributed by atoms with Gasteiger partial charge in [0.15, 0.2) is 0 Å². The second-order valence-electron chi connectivity index (χ2n) is 4.36. The van der Waals surface area contributed by atoms with E-state index in [1.54, 1.807) is 0 Å². The van der Waals surface area contributed by atoms with Crippen molar-refractivity contribution in [3.05, 3.63) is 0 Å². The molecule has 2 atom stereocenters. The SMILES string of the molecule is CN(C)CC1CCCN1CC(O)CBr. The van der Waals surface area contributed by atoms with Crippen LogP contribution < -0.4 is 0 Å². The van der Waals surface area contributed by atoms with Crippen molar-refractivity contribution in [3.63, 3.8) is 0 Å². The lowest BCUT2D eigenvalue weighted by Gasteiger charge is -2.28. The maximum atomic E-state index is 9.57. The van der Waals surface area contributed by atoms with Crippen molar-refractivity contribution >= 4 is 15.9 Å². The number of halogens is 1. The molecule has 1 saturated heterocycles. The molecule has 3 nitrogen and oxygen atoms in total. The quantitative estimate of drug-likeness (QED) is 0.744. The number of likely N-dealkylation sites (N-methyl/N-ethyl adjacent to an activating group) is 1. The molecule has 0 aromatic carbocycles. The maximum Gasteiger partial charge on any atom is 0.0763 e. The molecule has 1 heterocycles. The first kappa shape index (κ1) is 12.4. The van der Waals surface area contributed by atoms with E-state index in [-0.39, 0.29) is 6.10 Å². The fraction of sp³-hybridized carbons (Fsp3) is 1.00. The Morgan fingerprint density at radius 3 is 2.86 bits per heavy atom. The molecular weight excluding hydrogens is 244 g/mol. The summed E-state index contributed by atoms with van der Waals surface area (Å²) in [4.78, 5) is 4.63. The van der Waals surface area contributed by atoms with Crippen LogP contribution in [-0.4, -0.2) is 66.1 Å². The van der Waals surface area contributed by atoms with Crippen LogP contribution in [0.5, 0.6) is 0 Å². The van der Waals surface area contributed by atoms with Gasteiger partial charge < -0.3 is 10.0 Å². The van der Waals surface area contributed by atoms with Crippen LogP contribution >= 0.6 is 15.9 Å². The van der Waals surface area contributed by atoms with Gasteiger partial charge in [0.25, 0.3) is 0 Å². The van der Waals surface area contributed by atoms with Crippen molar-refractivity contribution in [2.45, 2.75) is 25.0 Å². The van der Waals surface area contributed by atoms with E-state index in [0.29, 0.717) is 11.4 Å². The number of β-amino-alcohol motifs (C(OH)–C–C–N with tert-alkyl or cyclic N) is 1. The zero-order valence-electron chi connectivity index (χ0n) is 9.12. The van der Waals surface area contributed by atoms with Crippen molar-refractivity contribution in [3.8, 4) is 0 Å². The Balaban J connectivity index is 2.35. The third-order valence-corrected chi connectivity index (χ3v) is 3.45. The van der Waals surface area contributed by atoms with E-state index in [2.05, 4.69) is 39.8 Å². The number of hydrogen-bond acceptors (Lipinski definition) is 3. The lowest BCUT2D eigenvalue weighted by atomic mass is 10.2. The molecule has 0 aliphatic carbocycles.